The number of ether oxygens (including phenoxy) is 1. The Kier molecular flexibility index (Phi) is 13.1. The van der Waals surface area contributed by atoms with Crippen molar-refractivity contribution in [2.45, 2.75) is 91.1 Å². The van der Waals surface area contributed by atoms with Gasteiger partial charge in [-0.3, -0.25) is 4.79 Å². The number of hydrogen-bond donors (Lipinski definition) is 1. The fraction of sp³-hybridized carbons (Fsp3) is 0.955. The molecule has 27 heavy (non-hydrogen) atoms. The topological polar surface area (TPSA) is 46.5 Å². The molecule has 0 aliphatic heterocycles. The number of hydrogen-bond acceptors (Lipinski definition) is 3. The number of carbonyl (C=O) groups is 1. The lowest BCUT2D eigenvalue weighted by Crippen LogP contribution is -3.00. The first-order chi connectivity index (χ1) is 12.4. The predicted octanol–water partition coefficient (Wildman–Crippen LogP) is 1.55. The van der Waals surface area contributed by atoms with Crippen molar-refractivity contribution >= 4 is 5.97 Å². The third-order valence-corrected chi connectivity index (χ3v) is 6.72. The third kappa shape index (κ3) is 8.02. The molecule has 162 valence electrons. The van der Waals surface area contributed by atoms with Gasteiger partial charge in [-0.2, -0.15) is 0 Å². The van der Waals surface area contributed by atoms with Crippen LogP contribution in [0.5, 0.6) is 0 Å². The van der Waals surface area contributed by atoms with Gasteiger partial charge in [0.1, 0.15) is 13.2 Å². The van der Waals surface area contributed by atoms with Crippen LogP contribution in [0.2, 0.25) is 0 Å². The van der Waals surface area contributed by atoms with Gasteiger partial charge in [-0.15, -0.1) is 0 Å². The molecule has 0 aromatic heterocycles. The summed E-state index contributed by atoms with van der Waals surface area (Å²) in [6.07, 6.45) is 8.86. The van der Waals surface area contributed by atoms with Crippen LogP contribution < -0.4 is 17.0 Å². The van der Waals surface area contributed by atoms with E-state index in [9.17, 15) is 9.90 Å². The van der Waals surface area contributed by atoms with Crippen LogP contribution >= 0.6 is 0 Å². The summed E-state index contributed by atoms with van der Waals surface area (Å²) in [4.78, 5) is 13.1. The van der Waals surface area contributed by atoms with E-state index in [2.05, 4.69) is 34.7 Å². The second-order valence-corrected chi connectivity index (χ2v) is 8.62. The summed E-state index contributed by atoms with van der Waals surface area (Å²) in [6.45, 7) is 11.9. The molecular weight excluding hydrogens is 406 g/mol. The predicted molar refractivity (Wildman–Crippen MR) is 108 cm³/mol. The lowest BCUT2D eigenvalue weighted by molar-refractivity contribution is -0.906. The Labute approximate surface area is 178 Å². The second kappa shape index (κ2) is 13.2. The van der Waals surface area contributed by atoms with Gasteiger partial charge in [0.05, 0.1) is 31.7 Å². The van der Waals surface area contributed by atoms with Crippen LogP contribution in [0.25, 0.3) is 0 Å². The molecule has 1 aliphatic carbocycles. The molecule has 0 bridgehead atoms. The first-order valence-corrected chi connectivity index (χ1v) is 11.1. The first kappa shape index (κ1) is 26.9. The van der Waals surface area contributed by atoms with E-state index in [-0.39, 0.29) is 34.8 Å². The molecule has 1 rings (SSSR count). The summed E-state index contributed by atoms with van der Waals surface area (Å²) < 4.78 is 6.69. The average Bonchev–Trinajstić information content (AvgIpc) is 2.63. The van der Waals surface area contributed by atoms with Crippen LogP contribution in [0, 0.1) is 11.8 Å². The van der Waals surface area contributed by atoms with Crippen molar-refractivity contribution in [1.82, 2.24) is 0 Å². The van der Waals surface area contributed by atoms with Crippen molar-refractivity contribution in [1.29, 1.82) is 0 Å². The molecule has 0 amide bonds. The number of nitrogens with zero attached hydrogens (tertiary/aromatic N) is 1. The zero-order valence-corrected chi connectivity index (χ0v) is 20.0. The van der Waals surface area contributed by atoms with E-state index in [1.165, 1.54) is 19.3 Å². The van der Waals surface area contributed by atoms with Gasteiger partial charge < -0.3 is 31.3 Å². The number of likely N-dealkylation sites (N-methyl/N-ethyl adjacent to an activating group) is 1. The maximum atomic E-state index is 13.1. The summed E-state index contributed by atoms with van der Waals surface area (Å²) >= 11 is 0. The van der Waals surface area contributed by atoms with Crippen LogP contribution in [-0.4, -0.2) is 54.4 Å². The summed E-state index contributed by atoms with van der Waals surface area (Å²) in [6, 6.07) is 0. The van der Waals surface area contributed by atoms with Gasteiger partial charge in [0.2, 0.25) is 0 Å². The minimum Gasteiger partial charge on any atom is -1.00 e. The third-order valence-electron chi connectivity index (χ3n) is 6.72. The highest BCUT2D eigenvalue weighted by Crippen LogP contribution is 2.41. The van der Waals surface area contributed by atoms with Gasteiger partial charge in [-0.05, 0) is 45.4 Å². The second-order valence-electron chi connectivity index (χ2n) is 8.62. The molecule has 1 saturated carbocycles. The van der Waals surface area contributed by atoms with E-state index in [4.69, 9.17) is 4.74 Å². The Balaban J connectivity index is 0.00000676. The number of carbonyl (C=O) groups excluding carboxylic acids is 1. The van der Waals surface area contributed by atoms with Crippen LogP contribution in [0.15, 0.2) is 0 Å². The highest BCUT2D eigenvalue weighted by molar-refractivity contribution is 5.74. The maximum absolute atomic E-state index is 13.1. The SMILES string of the molecule is CCCC(O)(CCC)C(C(=O)OCC[N+](C)(CC)CC)C1CCCCC1.[Br-]. The molecule has 0 spiro atoms. The Morgan fingerprint density at radius 3 is 2.04 bits per heavy atom. The molecule has 0 aromatic carbocycles. The van der Waals surface area contributed by atoms with E-state index in [1.54, 1.807) is 0 Å². The quantitative estimate of drug-likeness (QED) is 0.363. The molecule has 4 nitrogen and oxygen atoms in total. The van der Waals surface area contributed by atoms with E-state index in [0.29, 0.717) is 19.4 Å². The number of quaternary nitrogens is 1. The summed E-state index contributed by atoms with van der Waals surface area (Å²) in [5.74, 6) is -0.234. The Hall–Kier alpha value is -0.130. The number of esters is 1. The van der Waals surface area contributed by atoms with Crippen molar-refractivity contribution in [2.24, 2.45) is 11.8 Å². The molecule has 0 radical (unpaired) electrons. The van der Waals surface area contributed by atoms with Crippen molar-refractivity contribution < 1.29 is 36.1 Å². The summed E-state index contributed by atoms with van der Waals surface area (Å²) in [5, 5.41) is 11.4. The standard InChI is InChI=1S/C22H44NO3.BrH/c1-6-15-22(25,16-7-2)20(19-13-11-10-12-14-19)21(24)26-18-17-23(5,8-3)9-4;/h19-20,25H,6-18H2,1-5H3;1H/q+1;/p-1. The van der Waals surface area contributed by atoms with Crippen molar-refractivity contribution in [2.75, 3.05) is 33.3 Å². The molecule has 1 aliphatic rings. The van der Waals surface area contributed by atoms with Gasteiger partial charge in [0, 0.05) is 0 Å². The lowest BCUT2D eigenvalue weighted by Gasteiger charge is -2.41. The average molecular weight is 451 g/mol. The van der Waals surface area contributed by atoms with E-state index in [0.717, 1.165) is 49.8 Å². The normalized spacial score (nSPS) is 17.3. The molecule has 0 saturated heterocycles. The highest BCUT2D eigenvalue weighted by Gasteiger charge is 2.46. The molecule has 1 N–H and O–H groups in total. The minimum absolute atomic E-state index is 0. The molecule has 1 unspecified atom stereocenters. The minimum atomic E-state index is -0.906. The van der Waals surface area contributed by atoms with Crippen LogP contribution in [0.3, 0.4) is 0 Å². The fourth-order valence-corrected chi connectivity index (χ4v) is 4.62. The van der Waals surface area contributed by atoms with E-state index < -0.39 is 5.60 Å². The maximum Gasteiger partial charge on any atom is 0.312 e. The molecule has 0 aromatic rings. The monoisotopic (exact) mass is 449 g/mol. The number of rotatable bonds is 12. The summed E-state index contributed by atoms with van der Waals surface area (Å²) in [7, 11) is 2.21. The lowest BCUT2D eigenvalue weighted by atomic mass is 9.69. The van der Waals surface area contributed by atoms with Gasteiger partial charge in [-0.1, -0.05) is 46.0 Å². The Morgan fingerprint density at radius 1 is 1.07 bits per heavy atom. The molecule has 5 heteroatoms. The van der Waals surface area contributed by atoms with E-state index >= 15 is 0 Å². The van der Waals surface area contributed by atoms with Gasteiger partial charge >= 0.3 is 5.97 Å². The number of halogens is 1. The molecular formula is C22H44BrNO3. The summed E-state index contributed by atoms with van der Waals surface area (Å²) in [5.41, 5.74) is -0.906. The van der Waals surface area contributed by atoms with Crippen molar-refractivity contribution in [3.8, 4) is 0 Å². The number of aliphatic hydroxyl groups is 1. The van der Waals surface area contributed by atoms with Crippen molar-refractivity contribution in [3.05, 3.63) is 0 Å². The first-order valence-electron chi connectivity index (χ1n) is 11.1. The Morgan fingerprint density at radius 2 is 1.59 bits per heavy atom. The van der Waals surface area contributed by atoms with Crippen LogP contribution in [0.1, 0.15) is 85.5 Å². The molecule has 1 fully saturated rings. The van der Waals surface area contributed by atoms with Gasteiger partial charge in [0.15, 0.2) is 0 Å². The molecule has 1 atom stereocenters. The fourth-order valence-electron chi connectivity index (χ4n) is 4.62. The molecule has 0 heterocycles. The van der Waals surface area contributed by atoms with Crippen LogP contribution in [-0.2, 0) is 9.53 Å². The smallest absolute Gasteiger partial charge is 0.312 e. The van der Waals surface area contributed by atoms with E-state index in [1.807, 2.05) is 0 Å². The highest BCUT2D eigenvalue weighted by atomic mass is 79.9. The zero-order valence-electron chi connectivity index (χ0n) is 18.4. The zero-order chi connectivity index (χ0) is 19.6. The largest absolute Gasteiger partial charge is 1.00 e. The van der Waals surface area contributed by atoms with Crippen LogP contribution in [0.4, 0.5) is 0 Å². The van der Waals surface area contributed by atoms with Gasteiger partial charge in [-0.25, -0.2) is 0 Å². The van der Waals surface area contributed by atoms with Gasteiger partial charge in [0.25, 0.3) is 0 Å². The van der Waals surface area contributed by atoms with Crippen molar-refractivity contribution in [3.63, 3.8) is 0 Å². The Bertz CT molecular complexity index is 400.